The molecule has 9 aromatic carbocycles. The summed E-state index contributed by atoms with van der Waals surface area (Å²) in [7, 11) is 0. The van der Waals surface area contributed by atoms with Gasteiger partial charge in [0, 0.05) is 16.8 Å². The van der Waals surface area contributed by atoms with E-state index >= 15 is 0 Å². The third kappa shape index (κ3) is 6.42. The number of benzene rings is 9. The van der Waals surface area contributed by atoms with Gasteiger partial charge in [-0.2, -0.15) is 0 Å². The molecule has 0 N–H and O–H groups in total. The summed E-state index contributed by atoms with van der Waals surface area (Å²) in [5, 5.41) is 2.47. The predicted molar refractivity (Wildman–Crippen MR) is 226 cm³/mol. The molecule has 0 bridgehead atoms. The first-order chi connectivity index (χ1) is 26.3. The fourth-order valence-corrected chi connectivity index (χ4v) is 7.47. The van der Waals surface area contributed by atoms with E-state index in [2.05, 4.69) is 229 Å². The van der Waals surface area contributed by atoms with E-state index < -0.39 is 0 Å². The molecule has 0 aromatic heterocycles. The van der Waals surface area contributed by atoms with E-state index in [1.807, 2.05) is 0 Å². The van der Waals surface area contributed by atoms with Gasteiger partial charge in [-0.25, -0.2) is 0 Å². The van der Waals surface area contributed by atoms with Crippen LogP contribution in [-0.2, 0) is 0 Å². The lowest BCUT2D eigenvalue weighted by Gasteiger charge is -2.31. The zero-order chi connectivity index (χ0) is 35.4. The fraction of sp³-hybridized carbons (Fsp3) is 0. The molecule has 0 aliphatic rings. The van der Waals surface area contributed by atoms with E-state index in [4.69, 9.17) is 0 Å². The van der Waals surface area contributed by atoms with Crippen molar-refractivity contribution in [2.45, 2.75) is 0 Å². The van der Waals surface area contributed by atoms with Gasteiger partial charge in [0.05, 0.1) is 11.4 Å². The smallest absolute Gasteiger partial charge is 0.0546 e. The lowest BCUT2D eigenvalue weighted by Crippen LogP contribution is -2.13. The molecule has 1 nitrogen and oxygen atoms in total. The van der Waals surface area contributed by atoms with Crippen molar-refractivity contribution in [2.75, 3.05) is 4.90 Å². The summed E-state index contributed by atoms with van der Waals surface area (Å²) in [6.45, 7) is 0. The molecule has 0 saturated carbocycles. The zero-order valence-corrected chi connectivity index (χ0v) is 29.3. The Balaban J connectivity index is 1.29. The van der Waals surface area contributed by atoms with Crippen LogP contribution < -0.4 is 4.90 Å². The minimum absolute atomic E-state index is 1.09. The van der Waals surface area contributed by atoms with Crippen LogP contribution in [0.1, 0.15) is 0 Å². The maximum Gasteiger partial charge on any atom is 0.0546 e. The molecule has 0 aliphatic carbocycles. The number of rotatable bonds is 8. The number of fused-ring (bicyclic) bond motifs is 1. The zero-order valence-electron chi connectivity index (χ0n) is 29.3. The Morgan fingerprint density at radius 3 is 1.47 bits per heavy atom. The monoisotopic (exact) mass is 675 g/mol. The lowest BCUT2D eigenvalue weighted by molar-refractivity contribution is 1.28. The molecule has 0 amide bonds. The van der Waals surface area contributed by atoms with Crippen LogP contribution in [0.4, 0.5) is 17.1 Å². The summed E-state index contributed by atoms with van der Waals surface area (Å²) in [4.78, 5) is 2.46. The van der Waals surface area contributed by atoms with Gasteiger partial charge in [-0.3, -0.25) is 0 Å². The number of nitrogens with zero attached hydrogens (tertiary/aromatic N) is 1. The molecule has 0 unspecified atom stereocenters. The maximum atomic E-state index is 2.46. The quantitative estimate of drug-likeness (QED) is 0.155. The van der Waals surface area contributed by atoms with Crippen molar-refractivity contribution >= 4 is 27.8 Å². The first-order valence-electron chi connectivity index (χ1n) is 18.2. The highest BCUT2D eigenvalue weighted by Crippen LogP contribution is 2.47. The molecular formula is C52H37N. The van der Waals surface area contributed by atoms with Crippen LogP contribution in [0.15, 0.2) is 224 Å². The molecule has 0 spiro atoms. The SMILES string of the molecule is c1ccc(-c2ccc(-c3ccccc3N(c3cccc(-c4ccccc4)c3)c3cc(-c4cccc5ccccc45)ccc3-c3ccccc3)cc2)cc1. The largest absolute Gasteiger partial charge is 0.309 e. The third-order valence-electron chi connectivity index (χ3n) is 10.1. The highest BCUT2D eigenvalue weighted by atomic mass is 15.1. The van der Waals surface area contributed by atoms with Gasteiger partial charge in [-0.05, 0) is 79.5 Å². The summed E-state index contributed by atoms with van der Waals surface area (Å²) in [6, 6.07) is 80.9. The Bertz CT molecular complexity index is 2640. The minimum atomic E-state index is 1.09. The molecule has 0 saturated heterocycles. The maximum absolute atomic E-state index is 2.46. The second-order valence-corrected chi connectivity index (χ2v) is 13.3. The first kappa shape index (κ1) is 32.0. The van der Waals surface area contributed by atoms with Crippen molar-refractivity contribution < 1.29 is 0 Å². The van der Waals surface area contributed by atoms with Crippen LogP contribution in [0, 0.1) is 0 Å². The Morgan fingerprint density at radius 2 is 0.717 bits per heavy atom. The molecule has 250 valence electrons. The van der Waals surface area contributed by atoms with Crippen LogP contribution in [0.3, 0.4) is 0 Å². The molecule has 53 heavy (non-hydrogen) atoms. The summed E-state index contributed by atoms with van der Waals surface area (Å²) >= 11 is 0. The van der Waals surface area contributed by atoms with Crippen LogP contribution in [0.2, 0.25) is 0 Å². The third-order valence-corrected chi connectivity index (χ3v) is 10.1. The van der Waals surface area contributed by atoms with Gasteiger partial charge in [0.25, 0.3) is 0 Å². The number of hydrogen-bond donors (Lipinski definition) is 0. The Morgan fingerprint density at radius 1 is 0.245 bits per heavy atom. The molecule has 0 atom stereocenters. The van der Waals surface area contributed by atoms with Gasteiger partial charge < -0.3 is 4.90 Å². The second-order valence-electron chi connectivity index (χ2n) is 13.3. The average molecular weight is 676 g/mol. The lowest BCUT2D eigenvalue weighted by atomic mass is 9.93. The van der Waals surface area contributed by atoms with Crippen molar-refractivity contribution in [1.29, 1.82) is 0 Å². The van der Waals surface area contributed by atoms with Crippen molar-refractivity contribution in [3.8, 4) is 55.6 Å². The van der Waals surface area contributed by atoms with Crippen LogP contribution in [0.5, 0.6) is 0 Å². The number of anilines is 3. The summed E-state index contributed by atoms with van der Waals surface area (Å²) in [6.07, 6.45) is 0. The first-order valence-corrected chi connectivity index (χ1v) is 18.2. The molecule has 1 heteroatoms. The summed E-state index contributed by atoms with van der Waals surface area (Å²) < 4.78 is 0. The topological polar surface area (TPSA) is 3.24 Å². The van der Waals surface area contributed by atoms with Gasteiger partial charge >= 0.3 is 0 Å². The van der Waals surface area contributed by atoms with E-state index in [1.165, 1.54) is 49.7 Å². The molecule has 9 aromatic rings. The van der Waals surface area contributed by atoms with E-state index in [0.29, 0.717) is 0 Å². The summed E-state index contributed by atoms with van der Waals surface area (Å²) in [5.41, 5.74) is 15.1. The van der Waals surface area contributed by atoms with E-state index in [1.54, 1.807) is 0 Å². The Kier molecular flexibility index (Phi) is 8.66. The molecule has 0 aliphatic heterocycles. The predicted octanol–water partition coefficient (Wildman–Crippen LogP) is 14.6. The molecule has 9 rings (SSSR count). The highest BCUT2D eigenvalue weighted by Gasteiger charge is 2.22. The van der Waals surface area contributed by atoms with Gasteiger partial charge in [-0.15, -0.1) is 0 Å². The molecule has 0 radical (unpaired) electrons. The van der Waals surface area contributed by atoms with Gasteiger partial charge in [0.2, 0.25) is 0 Å². The normalized spacial score (nSPS) is 11.0. The van der Waals surface area contributed by atoms with Crippen molar-refractivity contribution in [2.24, 2.45) is 0 Å². The average Bonchev–Trinajstić information content (AvgIpc) is 3.25. The highest BCUT2D eigenvalue weighted by molar-refractivity contribution is 6.00. The van der Waals surface area contributed by atoms with Crippen LogP contribution in [-0.4, -0.2) is 0 Å². The number of hydrogen-bond acceptors (Lipinski definition) is 1. The van der Waals surface area contributed by atoms with Crippen molar-refractivity contribution in [3.05, 3.63) is 224 Å². The Hall–Kier alpha value is -6.96. The van der Waals surface area contributed by atoms with Gasteiger partial charge in [-0.1, -0.05) is 200 Å². The van der Waals surface area contributed by atoms with Crippen molar-refractivity contribution in [3.63, 3.8) is 0 Å². The van der Waals surface area contributed by atoms with Crippen LogP contribution in [0.25, 0.3) is 66.4 Å². The van der Waals surface area contributed by atoms with Gasteiger partial charge in [0.15, 0.2) is 0 Å². The van der Waals surface area contributed by atoms with Crippen LogP contribution >= 0.6 is 0 Å². The summed E-state index contributed by atoms with van der Waals surface area (Å²) in [5.74, 6) is 0. The van der Waals surface area contributed by atoms with Gasteiger partial charge in [0.1, 0.15) is 0 Å². The Labute approximate surface area is 311 Å². The molecule has 0 fully saturated rings. The molecular weight excluding hydrogens is 639 g/mol. The number of para-hydroxylation sites is 1. The van der Waals surface area contributed by atoms with E-state index in [0.717, 1.165) is 33.8 Å². The fourth-order valence-electron chi connectivity index (χ4n) is 7.47. The standard InChI is InChI=1S/C52H37N/c1-4-16-38(17-5-1)40-30-32-43(33-31-40)49-27-12-13-29-51(49)53(46-25-14-24-44(36-46)39-18-6-2-7-19-39)52-37-45(34-35-50(52)42-20-8-3-9-21-42)48-28-15-23-41-22-10-11-26-47(41)48/h1-37H. The van der Waals surface area contributed by atoms with E-state index in [-0.39, 0.29) is 0 Å². The van der Waals surface area contributed by atoms with Crippen molar-refractivity contribution in [1.82, 2.24) is 0 Å². The van der Waals surface area contributed by atoms with E-state index in [9.17, 15) is 0 Å². The molecule has 0 heterocycles. The second kappa shape index (κ2) is 14.3. The minimum Gasteiger partial charge on any atom is -0.309 e.